The van der Waals surface area contributed by atoms with Gasteiger partial charge in [0, 0.05) is 13.0 Å². The molecule has 0 atom stereocenters. The van der Waals surface area contributed by atoms with Crippen molar-refractivity contribution < 1.29 is 9.32 Å². The Hall–Kier alpha value is -2.38. The quantitative estimate of drug-likeness (QED) is 0.842. The van der Waals surface area contributed by atoms with Gasteiger partial charge in [-0.15, -0.1) is 0 Å². The van der Waals surface area contributed by atoms with Crippen molar-refractivity contribution in [1.82, 2.24) is 30.6 Å². The van der Waals surface area contributed by atoms with E-state index in [9.17, 15) is 4.79 Å². The highest BCUT2D eigenvalue weighted by Gasteiger charge is 2.30. The van der Waals surface area contributed by atoms with Crippen molar-refractivity contribution in [3.63, 3.8) is 0 Å². The molecule has 2 amide bonds. The molecule has 2 heterocycles. The number of rotatable bonds is 6. The lowest BCUT2D eigenvalue weighted by Crippen LogP contribution is -2.35. The summed E-state index contributed by atoms with van der Waals surface area (Å²) in [4.78, 5) is 16.2. The molecule has 0 spiro atoms. The molecule has 122 valence electrons. The van der Waals surface area contributed by atoms with Crippen LogP contribution in [0.5, 0.6) is 0 Å². The molecule has 2 saturated carbocycles. The third-order valence-electron chi connectivity index (χ3n) is 4.34. The lowest BCUT2D eigenvalue weighted by Gasteiger charge is -2.08. The van der Waals surface area contributed by atoms with Gasteiger partial charge in [0.15, 0.2) is 5.82 Å². The molecule has 0 radical (unpaired) electrons. The molecule has 8 heteroatoms. The Bertz CT molecular complexity index is 713. The van der Waals surface area contributed by atoms with E-state index in [1.165, 1.54) is 18.4 Å². The van der Waals surface area contributed by atoms with Crippen LogP contribution >= 0.6 is 0 Å². The van der Waals surface area contributed by atoms with Crippen LogP contribution in [0.3, 0.4) is 0 Å². The molecule has 4 rings (SSSR count). The van der Waals surface area contributed by atoms with Crippen molar-refractivity contribution in [3.05, 3.63) is 29.2 Å². The van der Waals surface area contributed by atoms with Crippen molar-refractivity contribution >= 4 is 6.03 Å². The van der Waals surface area contributed by atoms with E-state index >= 15 is 0 Å². The minimum Gasteiger partial charge on any atom is -0.339 e. The molecule has 2 fully saturated rings. The predicted octanol–water partition coefficient (Wildman–Crippen LogP) is 1.56. The van der Waals surface area contributed by atoms with E-state index in [0.717, 1.165) is 18.5 Å². The van der Waals surface area contributed by atoms with Crippen molar-refractivity contribution in [1.29, 1.82) is 0 Å². The second-order valence-corrected chi connectivity index (χ2v) is 6.30. The molecule has 0 unspecified atom stereocenters. The molecule has 0 bridgehead atoms. The van der Waals surface area contributed by atoms with Gasteiger partial charge in [-0.05, 0) is 37.2 Å². The molecule has 8 nitrogen and oxygen atoms in total. The minimum atomic E-state index is -0.245. The highest BCUT2D eigenvalue weighted by molar-refractivity contribution is 5.73. The van der Waals surface area contributed by atoms with E-state index in [4.69, 9.17) is 4.52 Å². The van der Waals surface area contributed by atoms with Crippen molar-refractivity contribution in [3.8, 4) is 0 Å². The summed E-state index contributed by atoms with van der Waals surface area (Å²) in [5.41, 5.74) is 2.32. The Balaban J connectivity index is 1.27. The largest absolute Gasteiger partial charge is 0.339 e. The fraction of sp³-hybridized carbons (Fsp3) is 0.600. The van der Waals surface area contributed by atoms with E-state index in [1.54, 1.807) is 0 Å². The summed E-state index contributed by atoms with van der Waals surface area (Å²) in [6.07, 6.45) is 6.57. The van der Waals surface area contributed by atoms with Gasteiger partial charge in [-0.3, -0.25) is 4.68 Å². The number of urea groups is 1. The maximum atomic E-state index is 11.9. The number of nitrogens with one attached hydrogen (secondary N) is 2. The van der Waals surface area contributed by atoms with Gasteiger partial charge in [0.05, 0.1) is 25.0 Å². The number of aryl methyl sites for hydroxylation is 1. The average Bonchev–Trinajstić information content (AvgIpc) is 3.48. The fourth-order valence-corrected chi connectivity index (χ4v) is 2.65. The van der Waals surface area contributed by atoms with Crippen molar-refractivity contribution in [2.24, 2.45) is 7.05 Å². The Morgan fingerprint density at radius 1 is 1.26 bits per heavy atom. The lowest BCUT2D eigenvalue weighted by atomic mass is 10.1. The second kappa shape index (κ2) is 5.68. The summed E-state index contributed by atoms with van der Waals surface area (Å²) in [5.74, 6) is 2.24. The first-order valence-corrected chi connectivity index (χ1v) is 8.05. The van der Waals surface area contributed by atoms with Gasteiger partial charge in [-0.1, -0.05) is 5.16 Å². The van der Waals surface area contributed by atoms with Gasteiger partial charge in [0.2, 0.25) is 5.89 Å². The first-order valence-electron chi connectivity index (χ1n) is 8.05. The van der Waals surface area contributed by atoms with Gasteiger partial charge >= 0.3 is 6.03 Å². The van der Waals surface area contributed by atoms with Gasteiger partial charge in [0.25, 0.3) is 0 Å². The van der Waals surface area contributed by atoms with Crippen LogP contribution in [0.2, 0.25) is 0 Å². The molecule has 0 aliphatic heterocycles. The van der Waals surface area contributed by atoms with Crippen LogP contribution in [-0.2, 0) is 20.1 Å². The number of nitrogens with zero attached hydrogens (tertiary/aromatic N) is 4. The van der Waals surface area contributed by atoms with Crippen LogP contribution in [0, 0.1) is 0 Å². The molecular weight excluding hydrogens is 296 g/mol. The molecule has 2 aromatic rings. The van der Waals surface area contributed by atoms with Crippen LogP contribution in [0.4, 0.5) is 4.79 Å². The van der Waals surface area contributed by atoms with Crippen LogP contribution in [0.25, 0.3) is 0 Å². The Kier molecular flexibility index (Phi) is 3.51. The van der Waals surface area contributed by atoms with Crippen LogP contribution in [0.15, 0.2) is 10.7 Å². The summed E-state index contributed by atoms with van der Waals surface area (Å²) < 4.78 is 6.99. The molecule has 2 aliphatic rings. The molecule has 2 N–H and O–H groups in total. The molecule has 2 aromatic heterocycles. The third kappa shape index (κ3) is 3.20. The maximum Gasteiger partial charge on any atom is 0.315 e. The molecule has 0 saturated heterocycles. The highest BCUT2D eigenvalue weighted by atomic mass is 16.5. The Morgan fingerprint density at radius 2 is 2.00 bits per heavy atom. The third-order valence-corrected chi connectivity index (χ3v) is 4.34. The van der Waals surface area contributed by atoms with Gasteiger partial charge in [-0.2, -0.15) is 10.1 Å². The smallest absolute Gasteiger partial charge is 0.315 e. The van der Waals surface area contributed by atoms with Crippen LogP contribution in [-0.4, -0.2) is 26.0 Å². The van der Waals surface area contributed by atoms with Crippen LogP contribution < -0.4 is 10.6 Å². The summed E-state index contributed by atoms with van der Waals surface area (Å²) in [6.45, 7) is 0.733. The number of carbonyl (C=O) groups excluding carboxylic acids is 1. The standard InChI is InChI=1S/C15H20N6O2/c1-21-12(11(6-18-21)9-2-3-9)7-16-15(22)17-8-13-19-14(23-20-13)10-4-5-10/h6,9-10H,2-5,7-8H2,1H3,(H2,16,17,22). The van der Waals surface area contributed by atoms with Gasteiger partial charge < -0.3 is 15.2 Å². The molecule has 0 aromatic carbocycles. The zero-order valence-corrected chi connectivity index (χ0v) is 13.1. The lowest BCUT2D eigenvalue weighted by molar-refractivity contribution is 0.239. The normalized spacial score (nSPS) is 17.3. The van der Waals surface area contributed by atoms with Crippen molar-refractivity contribution in [2.75, 3.05) is 0 Å². The number of carbonyl (C=O) groups is 1. The van der Waals surface area contributed by atoms with Gasteiger partial charge in [0.1, 0.15) is 0 Å². The van der Waals surface area contributed by atoms with E-state index in [2.05, 4.69) is 25.9 Å². The van der Waals surface area contributed by atoms with E-state index < -0.39 is 0 Å². The van der Waals surface area contributed by atoms with Gasteiger partial charge in [-0.25, -0.2) is 4.79 Å². The average molecular weight is 316 g/mol. The first-order chi connectivity index (χ1) is 11.2. The van der Waals surface area contributed by atoms with Crippen molar-refractivity contribution in [2.45, 2.75) is 50.6 Å². The van der Waals surface area contributed by atoms with E-state index in [-0.39, 0.29) is 12.6 Å². The summed E-state index contributed by atoms with van der Waals surface area (Å²) >= 11 is 0. The molecule has 23 heavy (non-hydrogen) atoms. The molecule has 2 aliphatic carbocycles. The number of hydrogen-bond donors (Lipinski definition) is 2. The molecular formula is C15H20N6O2. The zero-order chi connectivity index (χ0) is 15.8. The first kappa shape index (κ1) is 14.2. The summed E-state index contributed by atoms with van der Waals surface area (Å²) in [6, 6.07) is -0.245. The number of hydrogen-bond acceptors (Lipinski definition) is 5. The summed E-state index contributed by atoms with van der Waals surface area (Å²) in [5, 5.41) is 13.8. The summed E-state index contributed by atoms with van der Waals surface area (Å²) in [7, 11) is 1.90. The number of amides is 2. The predicted molar refractivity (Wildman–Crippen MR) is 80.5 cm³/mol. The monoisotopic (exact) mass is 316 g/mol. The second-order valence-electron chi connectivity index (χ2n) is 6.30. The minimum absolute atomic E-state index is 0.245. The van der Waals surface area contributed by atoms with E-state index in [0.29, 0.717) is 30.1 Å². The maximum absolute atomic E-state index is 11.9. The Morgan fingerprint density at radius 3 is 2.74 bits per heavy atom. The SMILES string of the molecule is Cn1ncc(C2CC2)c1CNC(=O)NCc1noc(C2CC2)n1. The number of aromatic nitrogens is 4. The van der Waals surface area contributed by atoms with E-state index in [1.807, 2.05) is 17.9 Å². The van der Waals surface area contributed by atoms with Crippen LogP contribution in [0.1, 0.15) is 60.5 Å². The highest BCUT2D eigenvalue weighted by Crippen LogP contribution is 2.41. The Labute approximate surface area is 133 Å². The fourth-order valence-electron chi connectivity index (χ4n) is 2.65. The zero-order valence-electron chi connectivity index (χ0n) is 13.1. The topological polar surface area (TPSA) is 97.9 Å².